The standard InChI is InChI=1S/C24H23NS/c1-24(18-10-13-19-11-4-2-5-12-19)21-16-8-9-17-22(21)25(23(24)26)20-14-6-3-7-15-20/h2-9,11-12,14-17H,10,13,18H2,1H3. The molecule has 1 aliphatic heterocycles. The van der Waals surface area contributed by atoms with Crippen LogP contribution in [0.25, 0.3) is 0 Å². The smallest absolute Gasteiger partial charge is 0.0974 e. The first-order valence-corrected chi connectivity index (χ1v) is 9.64. The van der Waals surface area contributed by atoms with Gasteiger partial charge >= 0.3 is 0 Å². The second-order valence-corrected chi connectivity index (χ2v) is 7.55. The van der Waals surface area contributed by atoms with Crippen LogP contribution in [-0.4, -0.2) is 4.99 Å². The van der Waals surface area contributed by atoms with E-state index in [4.69, 9.17) is 12.2 Å². The number of rotatable bonds is 5. The van der Waals surface area contributed by atoms with Crippen LogP contribution in [0.15, 0.2) is 84.9 Å². The van der Waals surface area contributed by atoms with E-state index in [0.29, 0.717) is 0 Å². The van der Waals surface area contributed by atoms with Crippen molar-refractivity contribution in [3.63, 3.8) is 0 Å². The van der Waals surface area contributed by atoms with Crippen molar-refractivity contribution in [1.29, 1.82) is 0 Å². The van der Waals surface area contributed by atoms with Crippen LogP contribution in [0.5, 0.6) is 0 Å². The van der Waals surface area contributed by atoms with Gasteiger partial charge in [0.05, 0.1) is 10.7 Å². The van der Waals surface area contributed by atoms with Crippen molar-refractivity contribution in [3.8, 4) is 0 Å². The van der Waals surface area contributed by atoms with Crippen molar-refractivity contribution < 1.29 is 0 Å². The Morgan fingerprint density at radius 1 is 0.808 bits per heavy atom. The lowest BCUT2D eigenvalue weighted by Gasteiger charge is -2.28. The summed E-state index contributed by atoms with van der Waals surface area (Å²) >= 11 is 6.02. The SMILES string of the molecule is CC1(CCCc2ccccc2)C(=S)N(c2ccccc2)c2ccccc21. The Hall–Kier alpha value is -2.45. The van der Waals surface area contributed by atoms with Crippen LogP contribution in [0.1, 0.15) is 30.9 Å². The number of aryl methyl sites for hydroxylation is 1. The molecule has 3 aromatic rings. The molecule has 1 aliphatic rings. The lowest BCUT2D eigenvalue weighted by molar-refractivity contribution is 0.560. The van der Waals surface area contributed by atoms with E-state index in [1.807, 2.05) is 6.07 Å². The van der Waals surface area contributed by atoms with E-state index in [-0.39, 0.29) is 5.41 Å². The Morgan fingerprint density at radius 2 is 1.42 bits per heavy atom. The predicted octanol–water partition coefficient (Wildman–Crippen LogP) is 6.45. The van der Waals surface area contributed by atoms with Crippen molar-refractivity contribution in [2.24, 2.45) is 0 Å². The summed E-state index contributed by atoms with van der Waals surface area (Å²) in [7, 11) is 0. The van der Waals surface area contributed by atoms with Gasteiger partial charge in [-0.3, -0.25) is 0 Å². The van der Waals surface area contributed by atoms with Crippen LogP contribution in [0.3, 0.4) is 0 Å². The summed E-state index contributed by atoms with van der Waals surface area (Å²) in [6.45, 7) is 2.31. The van der Waals surface area contributed by atoms with Crippen molar-refractivity contribution in [3.05, 3.63) is 96.1 Å². The first kappa shape index (κ1) is 17.0. The van der Waals surface area contributed by atoms with E-state index in [9.17, 15) is 0 Å². The summed E-state index contributed by atoms with van der Waals surface area (Å²) in [6, 6.07) is 29.9. The minimum atomic E-state index is -0.101. The van der Waals surface area contributed by atoms with E-state index in [1.54, 1.807) is 0 Å². The summed E-state index contributed by atoms with van der Waals surface area (Å²) in [6.07, 6.45) is 3.27. The minimum Gasteiger partial charge on any atom is -0.304 e. The normalized spacial score (nSPS) is 18.8. The number of fused-ring (bicyclic) bond motifs is 1. The summed E-state index contributed by atoms with van der Waals surface area (Å²) in [4.78, 5) is 3.27. The van der Waals surface area contributed by atoms with Crippen LogP contribution in [0.4, 0.5) is 11.4 Å². The minimum absolute atomic E-state index is 0.101. The molecule has 3 aromatic carbocycles. The molecule has 1 unspecified atom stereocenters. The summed E-state index contributed by atoms with van der Waals surface area (Å²) < 4.78 is 0. The Bertz CT molecular complexity index is 904. The second-order valence-electron chi connectivity index (χ2n) is 7.16. The Morgan fingerprint density at radius 3 is 2.15 bits per heavy atom. The third kappa shape index (κ3) is 2.95. The number of hydrogen-bond donors (Lipinski definition) is 0. The molecule has 0 saturated heterocycles. The highest BCUT2D eigenvalue weighted by molar-refractivity contribution is 7.80. The zero-order valence-electron chi connectivity index (χ0n) is 15.1. The molecule has 2 heteroatoms. The van der Waals surface area contributed by atoms with Crippen LogP contribution in [0.2, 0.25) is 0 Å². The lowest BCUT2D eigenvalue weighted by atomic mass is 9.79. The number of benzene rings is 3. The Labute approximate surface area is 161 Å². The number of para-hydroxylation sites is 2. The molecule has 130 valence electrons. The Kier molecular flexibility index (Phi) is 4.60. The van der Waals surface area contributed by atoms with Gasteiger partial charge in [-0.25, -0.2) is 0 Å². The summed E-state index contributed by atoms with van der Waals surface area (Å²) in [5.74, 6) is 0. The predicted molar refractivity (Wildman–Crippen MR) is 114 cm³/mol. The van der Waals surface area contributed by atoms with Crippen LogP contribution in [0, 0.1) is 0 Å². The highest BCUT2D eigenvalue weighted by Gasteiger charge is 2.43. The highest BCUT2D eigenvalue weighted by Crippen LogP contribution is 2.48. The van der Waals surface area contributed by atoms with E-state index in [0.717, 1.165) is 29.9 Å². The number of nitrogens with zero attached hydrogens (tertiary/aromatic N) is 1. The Balaban J connectivity index is 1.62. The van der Waals surface area contributed by atoms with Crippen molar-refractivity contribution in [2.75, 3.05) is 4.90 Å². The third-order valence-corrected chi connectivity index (χ3v) is 6.05. The molecule has 0 spiro atoms. The maximum absolute atomic E-state index is 6.02. The molecule has 0 aromatic heterocycles. The van der Waals surface area contributed by atoms with Gasteiger partial charge in [0, 0.05) is 11.1 Å². The molecule has 4 rings (SSSR count). The molecule has 0 bridgehead atoms. The van der Waals surface area contributed by atoms with Gasteiger partial charge in [0.1, 0.15) is 0 Å². The van der Waals surface area contributed by atoms with Gasteiger partial charge in [-0.1, -0.05) is 78.9 Å². The molecule has 0 amide bonds. The van der Waals surface area contributed by atoms with Crippen LogP contribution < -0.4 is 4.90 Å². The fourth-order valence-corrected chi connectivity index (χ4v) is 4.39. The lowest BCUT2D eigenvalue weighted by Crippen LogP contribution is -2.34. The van der Waals surface area contributed by atoms with Gasteiger partial charge < -0.3 is 4.90 Å². The van der Waals surface area contributed by atoms with Gasteiger partial charge in [0.15, 0.2) is 0 Å². The maximum Gasteiger partial charge on any atom is 0.0974 e. The van der Waals surface area contributed by atoms with Gasteiger partial charge in [0.2, 0.25) is 0 Å². The third-order valence-electron chi connectivity index (χ3n) is 5.41. The van der Waals surface area contributed by atoms with Gasteiger partial charge in [0.25, 0.3) is 0 Å². The molecule has 1 nitrogen and oxygen atoms in total. The zero-order chi connectivity index (χ0) is 18.0. The van der Waals surface area contributed by atoms with Crippen molar-refractivity contribution >= 4 is 28.6 Å². The number of anilines is 2. The number of hydrogen-bond acceptors (Lipinski definition) is 1. The largest absolute Gasteiger partial charge is 0.304 e. The van der Waals surface area contributed by atoms with Crippen LogP contribution >= 0.6 is 12.2 Å². The molecule has 0 fully saturated rings. The van der Waals surface area contributed by atoms with E-state index in [2.05, 4.69) is 90.7 Å². The average Bonchev–Trinajstić information content (AvgIpc) is 2.91. The quantitative estimate of drug-likeness (QED) is 0.483. The summed E-state index contributed by atoms with van der Waals surface area (Å²) in [5, 5.41) is 0. The monoisotopic (exact) mass is 357 g/mol. The topological polar surface area (TPSA) is 3.24 Å². The van der Waals surface area contributed by atoms with E-state index in [1.165, 1.54) is 16.8 Å². The fourth-order valence-electron chi connectivity index (χ4n) is 3.97. The summed E-state index contributed by atoms with van der Waals surface area (Å²) in [5.41, 5.74) is 5.02. The molecule has 1 heterocycles. The molecule has 26 heavy (non-hydrogen) atoms. The molecule has 0 N–H and O–H groups in total. The average molecular weight is 358 g/mol. The van der Waals surface area contributed by atoms with Gasteiger partial charge in [-0.05, 0) is 55.5 Å². The second kappa shape index (κ2) is 7.05. The van der Waals surface area contributed by atoms with Gasteiger partial charge in [-0.15, -0.1) is 0 Å². The molecule has 0 saturated carbocycles. The molecular formula is C24H23NS. The van der Waals surface area contributed by atoms with Crippen molar-refractivity contribution in [2.45, 2.75) is 31.6 Å². The molecule has 1 atom stereocenters. The molecular weight excluding hydrogens is 334 g/mol. The maximum atomic E-state index is 6.02. The van der Waals surface area contributed by atoms with Crippen LogP contribution in [-0.2, 0) is 11.8 Å². The highest BCUT2D eigenvalue weighted by atomic mass is 32.1. The number of thiocarbonyl (C=S) groups is 1. The van der Waals surface area contributed by atoms with E-state index < -0.39 is 0 Å². The first-order chi connectivity index (χ1) is 12.7. The van der Waals surface area contributed by atoms with Gasteiger partial charge in [-0.2, -0.15) is 0 Å². The molecule has 0 radical (unpaired) electrons. The van der Waals surface area contributed by atoms with Crippen molar-refractivity contribution in [1.82, 2.24) is 0 Å². The zero-order valence-corrected chi connectivity index (χ0v) is 15.9. The fraction of sp³-hybridized carbons (Fsp3) is 0.208. The molecule has 0 aliphatic carbocycles. The van der Waals surface area contributed by atoms with E-state index >= 15 is 0 Å². The first-order valence-electron chi connectivity index (χ1n) is 9.23.